The molecule has 6 nitrogen and oxygen atoms in total. The number of carbonyl (C=O) groups excluding carboxylic acids is 2. The maximum atomic E-state index is 12.3. The fraction of sp³-hybridized carbons (Fsp3) is 0.600. The largest absolute Gasteiger partial charge is 0.446 e. The van der Waals surface area contributed by atoms with Crippen molar-refractivity contribution in [2.75, 3.05) is 13.2 Å². The number of hydrogen-bond acceptors (Lipinski definition) is 5. The molecule has 0 spiro atoms. The van der Waals surface area contributed by atoms with Crippen molar-refractivity contribution in [1.82, 2.24) is 5.32 Å². The van der Waals surface area contributed by atoms with Gasteiger partial charge in [-0.1, -0.05) is 0 Å². The van der Waals surface area contributed by atoms with Crippen LogP contribution in [0, 0.1) is 6.92 Å². The molecule has 3 rings (SSSR count). The van der Waals surface area contributed by atoms with Crippen molar-refractivity contribution in [3.63, 3.8) is 0 Å². The van der Waals surface area contributed by atoms with Crippen molar-refractivity contribution in [3.8, 4) is 0 Å². The third-order valence-corrected chi connectivity index (χ3v) is 5.20. The highest BCUT2D eigenvalue weighted by molar-refractivity contribution is 7.14. The van der Waals surface area contributed by atoms with Crippen molar-refractivity contribution >= 4 is 23.3 Å². The number of thiophene rings is 1. The number of carbonyl (C=O) groups is 2. The molecule has 1 saturated heterocycles. The minimum atomic E-state index is -0.738. The highest BCUT2D eigenvalue weighted by Gasteiger charge is 2.43. The van der Waals surface area contributed by atoms with Gasteiger partial charge in [-0.05, 0) is 37.8 Å². The van der Waals surface area contributed by atoms with Gasteiger partial charge in [0.25, 0.3) is 5.91 Å². The molecule has 3 N–H and O–H groups in total. The van der Waals surface area contributed by atoms with Crippen LogP contribution >= 0.6 is 11.3 Å². The van der Waals surface area contributed by atoms with Gasteiger partial charge in [-0.25, -0.2) is 4.79 Å². The van der Waals surface area contributed by atoms with Gasteiger partial charge in [0.05, 0.1) is 4.88 Å². The Kier molecular flexibility index (Phi) is 4.35. The first kappa shape index (κ1) is 15.3. The smallest absolute Gasteiger partial charge is 0.404 e. The second kappa shape index (κ2) is 6.26. The first-order valence-corrected chi connectivity index (χ1v) is 8.31. The minimum Gasteiger partial charge on any atom is -0.446 e. The van der Waals surface area contributed by atoms with E-state index in [2.05, 4.69) is 5.32 Å². The molecule has 7 heteroatoms. The van der Waals surface area contributed by atoms with Gasteiger partial charge in [-0.15, -0.1) is 11.3 Å². The molecule has 2 atom stereocenters. The zero-order valence-electron chi connectivity index (χ0n) is 12.5. The van der Waals surface area contributed by atoms with Gasteiger partial charge in [-0.2, -0.15) is 0 Å². The normalized spacial score (nSPS) is 24.8. The maximum Gasteiger partial charge on any atom is 0.404 e. The van der Waals surface area contributed by atoms with Crippen LogP contribution in [0.25, 0.3) is 0 Å². The maximum absolute atomic E-state index is 12.3. The summed E-state index contributed by atoms with van der Waals surface area (Å²) in [7, 11) is 0. The van der Waals surface area contributed by atoms with E-state index in [-0.39, 0.29) is 24.0 Å². The minimum absolute atomic E-state index is 0.0285. The van der Waals surface area contributed by atoms with Crippen LogP contribution in [0.3, 0.4) is 0 Å². The average molecular weight is 324 g/mol. The third kappa shape index (κ3) is 3.41. The van der Waals surface area contributed by atoms with E-state index in [4.69, 9.17) is 15.2 Å². The SMILES string of the molecule is Cc1sc(C(=O)NC2CCOCC2)cc1[C@@H]1C[C@H]1OC(N)=O. The standard InChI is InChI=1S/C15H20N2O4S/c1-8-10(11-6-12(11)21-15(16)19)7-13(22-8)14(18)17-9-2-4-20-5-3-9/h7,9,11-12H,2-6H2,1H3,(H2,16,19)(H,17,18)/t11-,12+/m0/s1. The summed E-state index contributed by atoms with van der Waals surface area (Å²) < 4.78 is 10.3. The Hall–Kier alpha value is -1.60. The molecular formula is C15H20N2O4S. The van der Waals surface area contributed by atoms with Crippen molar-refractivity contribution in [1.29, 1.82) is 0 Å². The van der Waals surface area contributed by atoms with Gasteiger partial charge < -0.3 is 20.5 Å². The fourth-order valence-electron chi connectivity index (χ4n) is 2.85. The number of nitrogens with one attached hydrogen (secondary N) is 1. The third-order valence-electron chi connectivity index (χ3n) is 4.14. The highest BCUT2D eigenvalue weighted by atomic mass is 32.1. The monoisotopic (exact) mass is 324 g/mol. The number of hydrogen-bond donors (Lipinski definition) is 2. The molecule has 2 fully saturated rings. The summed E-state index contributed by atoms with van der Waals surface area (Å²) in [6, 6.07) is 2.11. The van der Waals surface area contributed by atoms with E-state index in [1.807, 2.05) is 13.0 Å². The predicted molar refractivity (Wildman–Crippen MR) is 82.2 cm³/mol. The van der Waals surface area contributed by atoms with E-state index >= 15 is 0 Å². The van der Waals surface area contributed by atoms with Gasteiger partial charge >= 0.3 is 6.09 Å². The second-order valence-electron chi connectivity index (χ2n) is 5.80. The Bertz CT molecular complexity index is 580. The lowest BCUT2D eigenvalue weighted by Crippen LogP contribution is -2.38. The summed E-state index contributed by atoms with van der Waals surface area (Å²) in [6.07, 6.45) is 1.62. The number of amides is 2. The molecule has 1 aromatic heterocycles. The van der Waals surface area contributed by atoms with Crippen molar-refractivity contribution in [2.45, 2.75) is 44.2 Å². The van der Waals surface area contributed by atoms with E-state index < -0.39 is 6.09 Å². The lowest BCUT2D eigenvalue weighted by molar-refractivity contribution is 0.0698. The van der Waals surface area contributed by atoms with Crippen LogP contribution in [-0.4, -0.2) is 37.4 Å². The number of primary amides is 1. The topological polar surface area (TPSA) is 90.7 Å². The number of ether oxygens (including phenoxy) is 2. The van der Waals surface area contributed by atoms with Crippen LogP contribution in [0.5, 0.6) is 0 Å². The van der Waals surface area contributed by atoms with Crippen LogP contribution in [-0.2, 0) is 9.47 Å². The van der Waals surface area contributed by atoms with Crippen molar-refractivity contribution < 1.29 is 19.1 Å². The van der Waals surface area contributed by atoms with E-state index in [0.29, 0.717) is 18.1 Å². The Morgan fingerprint density at radius 2 is 2.14 bits per heavy atom. The van der Waals surface area contributed by atoms with Crippen LogP contribution in [0.15, 0.2) is 6.07 Å². The first-order valence-electron chi connectivity index (χ1n) is 7.49. The van der Waals surface area contributed by atoms with Crippen LogP contribution < -0.4 is 11.1 Å². The van der Waals surface area contributed by atoms with Crippen LogP contribution in [0.4, 0.5) is 4.79 Å². The second-order valence-corrected chi connectivity index (χ2v) is 7.06. The number of rotatable bonds is 4. The molecule has 1 aromatic rings. The number of aryl methyl sites for hydroxylation is 1. The van der Waals surface area contributed by atoms with Gasteiger partial charge in [-0.3, -0.25) is 4.79 Å². The average Bonchev–Trinajstić information content (AvgIpc) is 3.10. The molecule has 2 heterocycles. The molecular weight excluding hydrogens is 304 g/mol. The summed E-state index contributed by atoms with van der Waals surface area (Å²) in [5.41, 5.74) is 6.13. The summed E-state index contributed by atoms with van der Waals surface area (Å²) >= 11 is 1.49. The van der Waals surface area contributed by atoms with Crippen molar-refractivity contribution in [2.24, 2.45) is 5.73 Å². The zero-order valence-corrected chi connectivity index (χ0v) is 13.3. The zero-order chi connectivity index (χ0) is 15.7. The molecule has 120 valence electrons. The van der Waals surface area contributed by atoms with Gasteiger partial charge in [0.2, 0.25) is 0 Å². The lowest BCUT2D eigenvalue weighted by atomic mass is 10.1. The summed E-state index contributed by atoms with van der Waals surface area (Å²) in [4.78, 5) is 24.9. The lowest BCUT2D eigenvalue weighted by Gasteiger charge is -2.22. The van der Waals surface area contributed by atoms with Gasteiger partial charge in [0.1, 0.15) is 6.10 Å². The molecule has 1 aliphatic heterocycles. The predicted octanol–water partition coefficient (Wildman–Crippen LogP) is 1.92. The molecule has 0 aromatic carbocycles. The fourth-order valence-corrected chi connectivity index (χ4v) is 3.85. The molecule has 0 radical (unpaired) electrons. The Labute approximate surface area is 133 Å². The molecule has 0 bridgehead atoms. The highest BCUT2D eigenvalue weighted by Crippen LogP contribution is 2.46. The molecule has 2 aliphatic rings. The molecule has 0 unspecified atom stereocenters. The van der Waals surface area contributed by atoms with Gasteiger partial charge in [0.15, 0.2) is 0 Å². The summed E-state index contributed by atoms with van der Waals surface area (Å²) in [5.74, 6) is 0.146. The molecule has 1 aliphatic carbocycles. The molecule has 22 heavy (non-hydrogen) atoms. The first-order chi connectivity index (χ1) is 10.5. The summed E-state index contributed by atoms with van der Waals surface area (Å²) in [6.45, 7) is 3.40. The molecule has 1 saturated carbocycles. The Morgan fingerprint density at radius 1 is 1.41 bits per heavy atom. The van der Waals surface area contributed by atoms with E-state index in [9.17, 15) is 9.59 Å². The van der Waals surface area contributed by atoms with Crippen LogP contribution in [0.2, 0.25) is 0 Å². The Morgan fingerprint density at radius 3 is 2.82 bits per heavy atom. The van der Waals surface area contributed by atoms with E-state index in [1.165, 1.54) is 11.3 Å². The van der Waals surface area contributed by atoms with Crippen LogP contribution in [0.1, 0.15) is 45.3 Å². The number of nitrogens with two attached hydrogens (primary N) is 1. The molecule has 2 amide bonds. The van der Waals surface area contributed by atoms with E-state index in [1.54, 1.807) is 0 Å². The summed E-state index contributed by atoms with van der Waals surface area (Å²) in [5, 5.41) is 3.06. The quantitative estimate of drug-likeness (QED) is 0.885. The van der Waals surface area contributed by atoms with E-state index in [0.717, 1.165) is 29.7 Å². The van der Waals surface area contributed by atoms with Gasteiger partial charge in [0, 0.05) is 30.1 Å². The Balaban J connectivity index is 1.62. The van der Waals surface area contributed by atoms with Crippen molar-refractivity contribution in [3.05, 3.63) is 21.4 Å².